The maximum atomic E-state index is 4.40. The van der Waals surface area contributed by atoms with Crippen LogP contribution >= 0.6 is 0 Å². The Kier molecular flexibility index (Phi) is 4.17. The van der Waals surface area contributed by atoms with Crippen LogP contribution in [0.4, 0.5) is 0 Å². The van der Waals surface area contributed by atoms with Gasteiger partial charge in [-0.05, 0) is 43.6 Å². The Bertz CT molecular complexity index is 645. The van der Waals surface area contributed by atoms with Crippen LogP contribution in [0.25, 0.3) is 0 Å². The van der Waals surface area contributed by atoms with Crippen LogP contribution in [0.15, 0.2) is 30.3 Å². The summed E-state index contributed by atoms with van der Waals surface area (Å²) in [5, 5.41) is 12.5. The highest BCUT2D eigenvalue weighted by Gasteiger charge is 2.30. The number of nitrogens with one attached hydrogen (secondary N) is 1. The third-order valence-corrected chi connectivity index (χ3v) is 5.46. The summed E-state index contributed by atoms with van der Waals surface area (Å²) in [7, 11) is 2.11. The Balaban J connectivity index is 1.36. The third-order valence-electron chi connectivity index (χ3n) is 5.46. The van der Waals surface area contributed by atoms with Crippen LogP contribution in [-0.4, -0.2) is 20.8 Å². The molecule has 1 aromatic carbocycles. The van der Waals surface area contributed by atoms with E-state index in [9.17, 15) is 0 Å². The fourth-order valence-corrected chi connectivity index (χ4v) is 3.92. The molecule has 1 N–H and O–H groups in total. The van der Waals surface area contributed by atoms with Crippen molar-refractivity contribution in [1.29, 1.82) is 0 Å². The molecule has 23 heavy (non-hydrogen) atoms. The van der Waals surface area contributed by atoms with Crippen LogP contribution in [0.5, 0.6) is 0 Å². The van der Waals surface area contributed by atoms with Gasteiger partial charge in [-0.3, -0.25) is 0 Å². The summed E-state index contributed by atoms with van der Waals surface area (Å²) >= 11 is 0. The zero-order valence-corrected chi connectivity index (χ0v) is 13.9. The van der Waals surface area contributed by atoms with Crippen LogP contribution in [0, 0.1) is 5.92 Å². The van der Waals surface area contributed by atoms with Gasteiger partial charge in [-0.2, -0.15) is 0 Å². The van der Waals surface area contributed by atoms with Crippen LogP contribution in [0.2, 0.25) is 0 Å². The van der Waals surface area contributed by atoms with Gasteiger partial charge >= 0.3 is 0 Å². The first-order valence-corrected chi connectivity index (χ1v) is 8.96. The van der Waals surface area contributed by atoms with E-state index < -0.39 is 0 Å². The molecule has 2 aliphatic carbocycles. The minimum absolute atomic E-state index is 0.608. The van der Waals surface area contributed by atoms with Gasteiger partial charge in [0.25, 0.3) is 0 Å². The third kappa shape index (κ3) is 3.32. The fraction of sp³-hybridized carbons (Fsp3) is 0.579. The second kappa shape index (κ2) is 6.44. The summed E-state index contributed by atoms with van der Waals surface area (Å²) in [6.45, 7) is 0.839. The fourth-order valence-electron chi connectivity index (χ4n) is 3.92. The molecule has 2 saturated carbocycles. The summed E-state index contributed by atoms with van der Waals surface area (Å²) in [6, 6.07) is 11.5. The lowest BCUT2D eigenvalue weighted by Crippen LogP contribution is -2.33. The number of benzene rings is 1. The molecule has 4 heteroatoms. The molecule has 1 heterocycles. The van der Waals surface area contributed by atoms with E-state index in [-0.39, 0.29) is 0 Å². The summed E-state index contributed by atoms with van der Waals surface area (Å²) in [6.07, 6.45) is 7.69. The van der Waals surface area contributed by atoms with Gasteiger partial charge in [0.1, 0.15) is 11.6 Å². The lowest BCUT2D eigenvalue weighted by molar-refractivity contribution is 0.390. The van der Waals surface area contributed by atoms with E-state index >= 15 is 0 Å². The normalized spacial score (nSPS) is 24.2. The predicted molar refractivity (Wildman–Crippen MR) is 91.1 cm³/mol. The molecule has 0 spiro atoms. The summed E-state index contributed by atoms with van der Waals surface area (Å²) in [4.78, 5) is 0. The maximum Gasteiger partial charge on any atom is 0.146 e. The quantitative estimate of drug-likeness (QED) is 0.891. The van der Waals surface area contributed by atoms with Crippen molar-refractivity contribution in [3.63, 3.8) is 0 Å². The van der Waals surface area contributed by atoms with Crippen molar-refractivity contribution in [3.8, 4) is 0 Å². The van der Waals surface area contributed by atoms with Gasteiger partial charge < -0.3 is 9.88 Å². The molecule has 4 nitrogen and oxygen atoms in total. The minimum Gasteiger partial charge on any atom is -0.317 e. The van der Waals surface area contributed by atoms with E-state index in [1.54, 1.807) is 0 Å². The highest BCUT2D eigenvalue weighted by atomic mass is 15.3. The van der Waals surface area contributed by atoms with Crippen molar-refractivity contribution in [2.75, 3.05) is 0 Å². The zero-order chi connectivity index (χ0) is 15.6. The molecule has 0 aliphatic heterocycles. The summed E-state index contributed by atoms with van der Waals surface area (Å²) in [5.41, 5.74) is 1.46. The van der Waals surface area contributed by atoms with Crippen molar-refractivity contribution >= 4 is 0 Å². The second-order valence-corrected chi connectivity index (χ2v) is 7.18. The van der Waals surface area contributed by atoms with Crippen LogP contribution in [0.3, 0.4) is 0 Å². The number of rotatable bonds is 6. The number of nitrogens with zero attached hydrogens (tertiary/aromatic N) is 3. The van der Waals surface area contributed by atoms with Crippen molar-refractivity contribution in [2.24, 2.45) is 13.0 Å². The largest absolute Gasteiger partial charge is 0.317 e. The van der Waals surface area contributed by atoms with Crippen molar-refractivity contribution < 1.29 is 0 Å². The van der Waals surface area contributed by atoms with Gasteiger partial charge in [0.05, 0.1) is 6.54 Å². The average molecular weight is 310 g/mol. The number of hydrogen-bond acceptors (Lipinski definition) is 3. The van der Waals surface area contributed by atoms with E-state index in [1.807, 2.05) is 0 Å². The monoisotopic (exact) mass is 310 g/mol. The molecule has 0 saturated heterocycles. The molecule has 1 aromatic heterocycles. The molecule has 0 unspecified atom stereocenters. The van der Waals surface area contributed by atoms with Gasteiger partial charge in [-0.15, -0.1) is 10.2 Å². The Labute approximate surface area is 138 Å². The van der Waals surface area contributed by atoms with E-state index in [0.29, 0.717) is 12.0 Å². The van der Waals surface area contributed by atoms with Gasteiger partial charge in [0, 0.05) is 19.0 Å². The minimum atomic E-state index is 0.608. The molecule has 2 atom stereocenters. The zero-order valence-electron chi connectivity index (χ0n) is 13.9. The standard InChI is InChI=1S/C19H26N4/c1-23-18(21-22-19(23)15-10-11-15)13-20-17-9-5-8-16(17)12-14-6-3-2-4-7-14/h2-4,6-7,15-17,20H,5,8-13H2,1H3/t16-,17+/m0/s1. The van der Waals surface area contributed by atoms with Gasteiger partial charge in [-0.1, -0.05) is 36.8 Å². The van der Waals surface area contributed by atoms with E-state index in [0.717, 1.165) is 18.3 Å². The first-order valence-electron chi connectivity index (χ1n) is 8.96. The number of aromatic nitrogens is 3. The van der Waals surface area contributed by atoms with Crippen molar-refractivity contribution in [1.82, 2.24) is 20.1 Å². The SMILES string of the molecule is Cn1c(CN[C@@H]2CCC[C@H]2Cc2ccccc2)nnc1C1CC1. The Hall–Kier alpha value is -1.68. The van der Waals surface area contributed by atoms with Crippen molar-refractivity contribution in [3.05, 3.63) is 47.5 Å². The first kappa shape index (κ1) is 14.9. The smallest absolute Gasteiger partial charge is 0.146 e. The summed E-state index contributed by atoms with van der Waals surface area (Å²) < 4.78 is 2.20. The van der Waals surface area contributed by atoms with Crippen LogP contribution in [0.1, 0.15) is 55.2 Å². The first-order chi connectivity index (χ1) is 11.3. The Morgan fingerprint density at radius 1 is 1.09 bits per heavy atom. The van der Waals surface area contributed by atoms with E-state index in [1.165, 1.54) is 49.9 Å². The van der Waals surface area contributed by atoms with Gasteiger partial charge in [0.15, 0.2) is 0 Å². The Morgan fingerprint density at radius 3 is 2.70 bits per heavy atom. The van der Waals surface area contributed by atoms with Crippen LogP contribution in [-0.2, 0) is 20.0 Å². The summed E-state index contributed by atoms with van der Waals surface area (Å²) in [5.74, 6) is 3.67. The van der Waals surface area contributed by atoms with Gasteiger partial charge in [0.2, 0.25) is 0 Å². The van der Waals surface area contributed by atoms with E-state index in [2.05, 4.69) is 57.5 Å². The molecule has 2 aliphatic rings. The number of hydrogen-bond donors (Lipinski definition) is 1. The lowest BCUT2D eigenvalue weighted by Gasteiger charge is -2.21. The molecule has 4 rings (SSSR count). The topological polar surface area (TPSA) is 42.7 Å². The Morgan fingerprint density at radius 2 is 1.91 bits per heavy atom. The van der Waals surface area contributed by atoms with Crippen LogP contribution < -0.4 is 5.32 Å². The maximum absolute atomic E-state index is 4.40. The second-order valence-electron chi connectivity index (χ2n) is 7.18. The van der Waals surface area contributed by atoms with E-state index in [4.69, 9.17) is 0 Å². The average Bonchev–Trinajstić information content (AvgIpc) is 3.22. The molecular weight excluding hydrogens is 284 g/mol. The molecule has 0 bridgehead atoms. The molecule has 2 aromatic rings. The van der Waals surface area contributed by atoms with Crippen molar-refractivity contribution in [2.45, 2.75) is 57.0 Å². The molecule has 2 fully saturated rings. The molecular formula is C19H26N4. The molecule has 0 radical (unpaired) electrons. The highest BCUT2D eigenvalue weighted by molar-refractivity contribution is 5.16. The molecule has 0 amide bonds. The van der Waals surface area contributed by atoms with Gasteiger partial charge in [-0.25, -0.2) is 0 Å². The lowest BCUT2D eigenvalue weighted by atomic mass is 9.94. The molecule has 122 valence electrons. The highest BCUT2D eigenvalue weighted by Crippen LogP contribution is 2.38. The predicted octanol–water partition coefficient (Wildman–Crippen LogP) is 3.19.